The van der Waals surface area contributed by atoms with Crippen LogP contribution in [0.1, 0.15) is 31.4 Å². The highest BCUT2D eigenvalue weighted by Crippen LogP contribution is 2.33. The average molecular weight is 289 g/mol. The molecule has 5 nitrogen and oxygen atoms in total. The molecule has 1 aromatic rings. The number of aliphatic carboxylic acids is 1. The van der Waals surface area contributed by atoms with Crippen molar-refractivity contribution >= 4 is 11.9 Å². The number of ether oxygens (including phenoxy) is 1. The van der Waals surface area contributed by atoms with Crippen LogP contribution in [0.4, 0.5) is 0 Å². The molecule has 5 heteroatoms. The molecular weight excluding hydrogens is 270 g/mol. The first-order chi connectivity index (χ1) is 10.0. The lowest BCUT2D eigenvalue weighted by Gasteiger charge is -2.18. The summed E-state index contributed by atoms with van der Waals surface area (Å²) in [5.74, 6) is -2.34. The first-order valence-electron chi connectivity index (χ1n) is 6.90. The van der Waals surface area contributed by atoms with E-state index in [9.17, 15) is 14.7 Å². The number of allylic oxidation sites excluding steroid dienone is 1. The first-order valence-corrected chi connectivity index (χ1v) is 6.90. The Bertz CT molecular complexity index is 565. The van der Waals surface area contributed by atoms with Crippen molar-refractivity contribution in [3.63, 3.8) is 0 Å². The molecule has 0 fully saturated rings. The normalized spacial score (nSPS) is 19.2. The lowest BCUT2D eigenvalue weighted by Crippen LogP contribution is -2.24. The van der Waals surface area contributed by atoms with Gasteiger partial charge in [-0.2, -0.15) is 0 Å². The van der Waals surface area contributed by atoms with Crippen molar-refractivity contribution in [3.8, 4) is 0 Å². The molecule has 1 aliphatic rings. The van der Waals surface area contributed by atoms with Gasteiger partial charge in [0.2, 0.25) is 0 Å². The maximum Gasteiger partial charge on any atom is 0.336 e. The zero-order valence-corrected chi connectivity index (χ0v) is 12.1. The molecule has 0 amide bonds. The number of hydrogen-bond donors (Lipinski definition) is 2. The summed E-state index contributed by atoms with van der Waals surface area (Å²) < 4.78 is 4.73. The van der Waals surface area contributed by atoms with E-state index >= 15 is 0 Å². The van der Waals surface area contributed by atoms with Crippen molar-refractivity contribution in [2.75, 3.05) is 7.11 Å². The lowest BCUT2D eigenvalue weighted by molar-refractivity contribution is -0.144. The van der Waals surface area contributed by atoms with Crippen LogP contribution in [-0.2, 0) is 14.3 Å². The second-order valence-electron chi connectivity index (χ2n) is 5.09. The van der Waals surface area contributed by atoms with Crippen LogP contribution >= 0.6 is 0 Å². The molecule has 0 aliphatic heterocycles. The number of methoxy groups -OCH3 is 1. The van der Waals surface area contributed by atoms with Crippen LogP contribution in [-0.4, -0.2) is 24.2 Å². The summed E-state index contributed by atoms with van der Waals surface area (Å²) in [7, 11) is 1.27. The number of benzene rings is 1. The fourth-order valence-corrected chi connectivity index (χ4v) is 2.64. The number of rotatable bonds is 5. The molecule has 1 aliphatic carbocycles. The fraction of sp³-hybridized carbons (Fsp3) is 0.375. The largest absolute Gasteiger partial charge is 0.481 e. The molecule has 0 unspecified atom stereocenters. The Morgan fingerprint density at radius 3 is 2.57 bits per heavy atom. The van der Waals surface area contributed by atoms with Gasteiger partial charge in [0.25, 0.3) is 0 Å². The average Bonchev–Trinajstić information content (AvgIpc) is 2.91. The van der Waals surface area contributed by atoms with Crippen molar-refractivity contribution in [3.05, 3.63) is 47.2 Å². The summed E-state index contributed by atoms with van der Waals surface area (Å²) in [6.45, 7) is 1.98. The standard InChI is InChI=1S/C16H19NO4/c1-10(11-6-4-3-5-7-11)17-13-9-8-12(15(18)19)14(13)16(20)21-2/h3-7,10,12,17H,8-9H2,1-2H3,(H,18,19)/t10-,12-/m0/s1. The molecule has 0 radical (unpaired) electrons. The Kier molecular flexibility index (Phi) is 4.62. The van der Waals surface area contributed by atoms with Gasteiger partial charge in [0.15, 0.2) is 0 Å². The maximum atomic E-state index is 11.9. The number of hydrogen-bond acceptors (Lipinski definition) is 4. The van der Waals surface area contributed by atoms with Gasteiger partial charge in [0.05, 0.1) is 18.6 Å². The van der Waals surface area contributed by atoms with E-state index in [0.29, 0.717) is 18.5 Å². The lowest BCUT2D eigenvalue weighted by atomic mass is 10.0. The molecule has 2 atom stereocenters. The Balaban J connectivity index is 2.25. The number of carbonyl (C=O) groups is 2. The topological polar surface area (TPSA) is 75.6 Å². The number of carboxylic acids is 1. The molecule has 2 N–H and O–H groups in total. The Morgan fingerprint density at radius 1 is 1.33 bits per heavy atom. The quantitative estimate of drug-likeness (QED) is 0.813. The van der Waals surface area contributed by atoms with Gasteiger partial charge in [-0.3, -0.25) is 4.79 Å². The minimum Gasteiger partial charge on any atom is -0.481 e. The van der Waals surface area contributed by atoms with E-state index in [1.165, 1.54) is 7.11 Å². The van der Waals surface area contributed by atoms with Gasteiger partial charge in [0.1, 0.15) is 0 Å². The van der Waals surface area contributed by atoms with Crippen molar-refractivity contribution in [2.24, 2.45) is 5.92 Å². The second-order valence-corrected chi connectivity index (χ2v) is 5.09. The molecule has 112 valence electrons. The minimum absolute atomic E-state index is 0.00611. The SMILES string of the molecule is COC(=O)C1=C(N[C@@H](C)c2ccccc2)CC[C@@H]1C(=O)O. The molecule has 0 heterocycles. The second kappa shape index (κ2) is 6.43. The third kappa shape index (κ3) is 3.24. The Labute approximate surface area is 123 Å². The predicted molar refractivity (Wildman–Crippen MR) is 77.4 cm³/mol. The Morgan fingerprint density at radius 2 is 2.00 bits per heavy atom. The molecule has 0 saturated heterocycles. The van der Waals surface area contributed by atoms with Crippen LogP contribution in [0, 0.1) is 5.92 Å². The van der Waals surface area contributed by atoms with Gasteiger partial charge in [-0.1, -0.05) is 30.3 Å². The molecule has 0 saturated carbocycles. The molecule has 0 bridgehead atoms. The summed E-state index contributed by atoms with van der Waals surface area (Å²) in [5.41, 5.74) is 1.99. The van der Waals surface area contributed by atoms with Crippen molar-refractivity contribution < 1.29 is 19.4 Å². The van der Waals surface area contributed by atoms with Crippen LogP contribution in [0.3, 0.4) is 0 Å². The zero-order valence-electron chi connectivity index (χ0n) is 12.1. The number of nitrogens with one attached hydrogen (secondary N) is 1. The van der Waals surface area contributed by atoms with Gasteiger partial charge in [-0.05, 0) is 25.3 Å². The van der Waals surface area contributed by atoms with Crippen molar-refractivity contribution in [2.45, 2.75) is 25.8 Å². The van der Waals surface area contributed by atoms with E-state index in [1.54, 1.807) is 0 Å². The molecule has 0 aromatic heterocycles. The monoisotopic (exact) mass is 289 g/mol. The zero-order chi connectivity index (χ0) is 15.4. The number of carboxylic acid groups (broad SMARTS) is 1. The minimum atomic E-state index is -0.987. The van der Waals surface area contributed by atoms with E-state index in [0.717, 1.165) is 5.56 Å². The third-order valence-electron chi connectivity index (χ3n) is 3.75. The molecule has 1 aromatic carbocycles. The highest BCUT2D eigenvalue weighted by molar-refractivity contribution is 5.96. The summed E-state index contributed by atoms with van der Waals surface area (Å²) >= 11 is 0. The third-order valence-corrected chi connectivity index (χ3v) is 3.75. The smallest absolute Gasteiger partial charge is 0.336 e. The van der Waals surface area contributed by atoms with Crippen LogP contribution in [0.5, 0.6) is 0 Å². The molecule has 21 heavy (non-hydrogen) atoms. The molecule has 0 spiro atoms. The van der Waals surface area contributed by atoms with Crippen LogP contribution in [0.25, 0.3) is 0 Å². The van der Waals surface area contributed by atoms with Gasteiger partial charge >= 0.3 is 11.9 Å². The van der Waals surface area contributed by atoms with Crippen molar-refractivity contribution in [1.82, 2.24) is 5.32 Å². The molecule has 2 rings (SSSR count). The van der Waals surface area contributed by atoms with E-state index in [2.05, 4.69) is 5.32 Å². The van der Waals surface area contributed by atoms with Gasteiger partial charge in [-0.15, -0.1) is 0 Å². The highest BCUT2D eigenvalue weighted by Gasteiger charge is 2.36. The van der Waals surface area contributed by atoms with Crippen LogP contribution < -0.4 is 5.32 Å². The van der Waals surface area contributed by atoms with Gasteiger partial charge in [-0.25, -0.2) is 4.79 Å². The first kappa shape index (κ1) is 15.1. The van der Waals surface area contributed by atoms with Gasteiger partial charge < -0.3 is 15.2 Å². The van der Waals surface area contributed by atoms with E-state index in [1.807, 2.05) is 37.3 Å². The number of carbonyl (C=O) groups excluding carboxylic acids is 1. The number of esters is 1. The van der Waals surface area contributed by atoms with Crippen LogP contribution in [0.15, 0.2) is 41.6 Å². The summed E-state index contributed by atoms with van der Waals surface area (Å²) in [5, 5.41) is 12.5. The summed E-state index contributed by atoms with van der Waals surface area (Å²) in [6.07, 6.45) is 0.960. The van der Waals surface area contributed by atoms with E-state index in [4.69, 9.17) is 4.74 Å². The summed E-state index contributed by atoms with van der Waals surface area (Å²) in [4.78, 5) is 23.1. The van der Waals surface area contributed by atoms with Gasteiger partial charge in [0, 0.05) is 11.7 Å². The maximum absolute atomic E-state index is 11.9. The summed E-state index contributed by atoms with van der Waals surface area (Å²) in [6, 6.07) is 9.79. The van der Waals surface area contributed by atoms with E-state index < -0.39 is 17.9 Å². The fourth-order valence-electron chi connectivity index (χ4n) is 2.64. The van der Waals surface area contributed by atoms with Crippen LogP contribution in [0.2, 0.25) is 0 Å². The predicted octanol–water partition coefficient (Wildman–Crippen LogP) is 2.26. The van der Waals surface area contributed by atoms with E-state index in [-0.39, 0.29) is 11.6 Å². The Hall–Kier alpha value is -2.30. The highest BCUT2D eigenvalue weighted by atomic mass is 16.5. The van der Waals surface area contributed by atoms with Crippen molar-refractivity contribution in [1.29, 1.82) is 0 Å². The molecular formula is C16H19NO4.